The van der Waals surface area contributed by atoms with E-state index in [9.17, 15) is 9.90 Å². The molecule has 0 spiro atoms. The minimum absolute atomic E-state index is 0.106. The van der Waals surface area contributed by atoms with Crippen LogP contribution in [-0.4, -0.2) is 30.2 Å². The molecule has 0 aliphatic carbocycles. The number of nitrogens with zero attached hydrogens (tertiary/aromatic N) is 1. The van der Waals surface area contributed by atoms with E-state index in [1.807, 2.05) is 65.6 Å². The van der Waals surface area contributed by atoms with Crippen molar-refractivity contribution in [3.63, 3.8) is 0 Å². The van der Waals surface area contributed by atoms with Crippen LogP contribution in [0.5, 0.6) is 0 Å². The summed E-state index contributed by atoms with van der Waals surface area (Å²) in [5.41, 5.74) is 1.69. The molecule has 1 amide bonds. The number of hydrogen-bond donors (Lipinski definition) is 2. The van der Waals surface area contributed by atoms with Crippen molar-refractivity contribution in [2.24, 2.45) is 0 Å². The predicted octanol–water partition coefficient (Wildman–Crippen LogP) is 2.51. The van der Waals surface area contributed by atoms with E-state index in [0.717, 1.165) is 11.4 Å². The molecule has 4 heteroatoms. The molecule has 0 aromatic heterocycles. The van der Waals surface area contributed by atoms with Gasteiger partial charge in [-0.1, -0.05) is 36.4 Å². The van der Waals surface area contributed by atoms with Gasteiger partial charge in [0.1, 0.15) is 0 Å². The molecule has 2 rings (SSSR count). The van der Waals surface area contributed by atoms with Crippen LogP contribution >= 0.6 is 0 Å². The fourth-order valence-electron chi connectivity index (χ4n) is 2.11. The lowest BCUT2D eigenvalue weighted by atomic mass is 10.2. The van der Waals surface area contributed by atoms with E-state index in [4.69, 9.17) is 0 Å². The summed E-state index contributed by atoms with van der Waals surface area (Å²) in [7, 11) is 0. The van der Waals surface area contributed by atoms with Gasteiger partial charge >= 0.3 is 0 Å². The van der Waals surface area contributed by atoms with Gasteiger partial charge in [-0.2, -0.15) is 0 Å². The Kier molecular flexibility index (Phi) is 5.35. The highest BCUT2D eigenvalue weighted by Crippen LogP contribution is 2.14. The second-order valence-electron chi connectivity index (χ2n) is 4.98. The van der Waals surface area contributed by atoms with E-state index < -0.39 is 6.10 Å². The number of nitrogens with one attached hydrogen (secondary N) is 1. The molecule has 110 valence electrons. The Morgan fingerprint density at radius 2 is 1.67 bits per heavy atom. The molecule has 2 aromatic carbocycles. The Morgan fingerprint density at radius 3 is 2.24 bits per heavy atom. The van der Waals surface area contributed by atoms with Crippen molar-refractivity contribution in [1.29, 1.82) is 0 Å². The lowest BCUT2D eigenvalue weighted by Crippen LogP contribution is -2.37. The first-order chi connectivity index (χ1) is 10.1. The van der Waals surface area contributed by atoms with Gasteiger partial charge in [0, 0.05) is 17.9 Å². The van der Waals surface area contributed by atoms with Crippen LogP contribution < -0.4 is 10.2 Å². The van der Waals surface area contributed by atoms with Crippen molar-refractivity contribution in [2.75, 3.05) is 23.3 Å². The van der Waals surface area contributed by atoms with Gasteiger partial charge in [-0.25, -0.2) is 0 Å². The van der Waals surface area contributed by atoms with E-state index in [2.05, 4.69) is 5.32 Å². The van der Waals surface area contributed by atoms with Gasteiger partial charge in [0.2, 0.25) is 5.91 Å². The van der Waals surface area contributed by atoms with Crippen LogP contribution in [0.2, 0.25) is 0 Å². The maximum atomic E-state index is 12.1. The van der Waals surface area contributed by atoms with E-state index in [0.29, 0.717) is 6.54 Å². The molecule has 2 aromatic rings. The number of rotatable bonds is 6. The monoisotopic (exact) mass is 284 g/mol. The van der Waals surface area contributed by atoms with Crippen molar-refractivity contribution < 1.29 is 9.90 Å². The highest BCUT2D eigenvalue weighted by molar-refractivity contribution is 5.94. The zero-order chi connectivity index (χ0) is 15.1. The molecule has 4 nitrogen and oxygen atoms in total. The van der Waals surface area contributed by atoms with Crippen molar-refractivity contribution in [2.45, 2.75) is 13.0 Å². The third kappa shape index (κ3) is 4.93. The van der Waals surface area contributed by atoms with Crippen molar-refractivity contribution in [1.82, 2.24) is 0 Å². The first-order valence-electron chi connectivity index (χ1n) is 6.98. The average molecular weight is 284 g/mol. The van der Waals surface area contributed by atoms with E-state index in [-0.39, 0.29) is 12.5 Å². The summed E-state index contributed by atoms with van der Waals surface area (Å²) in [4.78, 5) is 14.0. The van der Waals surface area contributed by atoms with Crippen LogP contribution in [0.4, 0.5) is 11.4 Å². The van der Waals surface area contributed by atoms with Crippen LogP contribution in [0.15, 0.2) is 60.7 Å². The molecule has 0 radical (unpaired) electrons. The van der Waals surface area contributed by atoms with Crippen molar-refractivity contribution in [3.05, 3.63) is 60.7 Å². The second-order valence-corrected chi connectivity index (χ2v) is 4.98. The number of amides is 1. The summed E-state index contributed by atoms with van der Waals surface area (Å²) >= 11 is 0. The predicted molar refractivity (Wildman–Crippen MR) is 85.4 cm³/mol. The molecule has 0 saturated carbocycles. The van der Waals surface area contributed by atoms with Gasteiger partial charge in [0.25, 0.3) is 0 Å². The summed E-state index contributed by atoms with van der Waals surface area (Å²) < 4.78 is 0. The van der Waals surface area contributed by atoms with Gasteiger partial charge in [-0.05, 0) is 31.2 Å². The van der Waals surface area contributed by atoms with Crippen LogP contribution in [0.1, 0.15) is 6.92 Å². The average Bonchev–Trinajstić information content (AvgIpc) is 2.48. The number of anilines is 2. The lowest BCUT2D eigenvalue weighted by molar-refractivity contribution is -0.115. The number of para-hydroxylation sites is 2. The number of aliphatic hydroxyl groups excluding tert-OH is 1. The summed E-state index contributed by atoms with van der Waals surface area (Å²) in [5, 5.41) is 12.5. The maximum Gasteiger partial charge on any atom is 0.243 e. The SMILES string of the molecule is C[C@H](O)CN(CC(=O)Nc1ccccc1)c1ccccc1. The normalized spacial score (nSPS) is 11.7. The molecule has 0 fully saturated rings. The molecular formula is C17H20N2O2. The van der Waals surface area contributed by atoms with E-state index >= 15 is 0 Å². The van der Waals surface area contributed by atoms with Gasteiger partial charge in [-0.3, -0.25) is 4.79 Å². The minimum Gasteiger partial charge on any atom is -0.392 e. The quantitative estimate of drug-likeness (QED) is 0.857. The van der Waals surface area contributed by atoms with E-state index in [1.165, 1.54) is 0 Å². The Bertz CT molecular complexity index is 556. The second kappa shape index (κ2) is 7.45. The molecule has 0 aliphatic heterocycles. The first-order valence-corrected chi connectivity index (χ1v) is 6.98. The molecule has 0 saturated heterocycles. The third-order valence-corrected chi connectivity index (χ3v) is 3.00. The van der Waals surface area contributed by atoms with Crippen molar-refractivity contribution >= 4 is 17.3 Å². The summed E-state index contributed by atoms with van der Waals surface area (Å²) in [6.45, 7) is 2.32. The highest BCUT2D eigenvalue weighted by Gasteiger charge is 2.13. The number of aliphatic hydroxyl groups is 1. The van der Waals surface area contributed by atoms with E-state index in [1.54, 1.807) is 6.92 Å². The van der Waals surface area contributed by atoms with Gasteiger partial charge < -0.3 is 15.3 Å². The summed E-state index contributed by atoms with van der Waals surface area (Å²) in [6, 6.07) is 19.0. The zero-order valence-corrected chi connectivity index (χ0v) is 12.1. The molecule has 0 heterocycles. The largest absolute Gasteiger partial charge is 0.392 e. The number of carbonyl (C=O) groups is 1. The molecule has 2 N–H and O–H groups in total. The Balaban J connectivity index is 2.03. The molecule has 0 aliphatic rings. The molecule has 21 heavy (non-hydrogen) atoms. The number of carbonyl (C=O) groups excluding carboxylic acids is 1. The van der Waals surface area contributed by atoms with Gasteiger partial charge in [-0.15, -0.1) is 0 Å². The fraction of sp³-hybridized carbons (Fsp3) is 0.235. The smallest absolute Gasteiger partial charge is 0.243 e. The first kappa shape index (κ1) is 15.1. The molecule has 0 unspecified atom stereocenters. The molecular weight excluding hydrogens is 264 g/mol. The zero-order valence-electron chi connectivity index (χ0n) is 12.1. The molecule has 0 bridgehead atoms. The van der Waals surface area contributed by atoms with Gasteiger partial charge in [0.15, 0.2) is 0 Å². The lowest BCUT2D eigenvalue weighted by Gasteiger charge is -2.25. The maximum absolute atomic E-state index is 12.1. The minimum atomic E-state index is -0.505. The molecule has 1 atom stereocenters. The fourth-order valence-corrected chi connectivity index (χ4v) is 2.11. The summed E-state index contributed by atoms with van der Waals surface area (Å²) in [5.74, 6) is -0.106. The Hall–Kier alpha value is -2.33. The van der Waals surface area contributed by atoms with Crippen LogP contribution in [0, 0.1) is 0 Å². The number of hydrogen-bond acceptors (Lipinski definition) is 3. The third-order valence-electron chi connectivity index (χ3n) is 3.00. The highest BCUT2D eigenvalue weighted by atomic mass is 16.3. The van der Waals surface area contributed by atoms with Crippen LogP contribution in [-0.2, 0) is 4.79 Å². The standard InChI is InChI=1S/C17H20N2O2/c1-14(20)12-19(16-10-6-3-7-11-16)13-17(21)18-15-8-4-2-5-9-15/h2-11,14,20H,12-13H2,1H3,(H,18,21)/t14-/m0/s1. The van der Waals surface area contributed by atoms with Crippen LogP contribution in [0.3, 0.4) is 0 Å². The van der Waals surface area contributed by atoms with Gasteiger partial charge in [0.05, 0.1) is 12.6 Å². The topological polar surface area (TPSA) is 52.6 Å². The van der Waals surface area contributed by atoms with Crippen molar-refractivity contribution in [3.8, 4) is 0 Å². The van der Waals surface area contributed by atoms with Crippen LogP contribution in [0.25, 0.3) is 0 Å². The Labute approximate surface area is 125 Å². The Morgan fingerprint density at radius 1 is 1.10 bits per heavy atom. The summed E-state index contributed by atoms with van der Waals surface area (Å²) in [6.07, 6.45) is -0.505. The number of benzene rings is 2.